The van der Waals surface area contributed by atoms with E-state index in [4.69, 9.17) is 10.00 Å². The number of benzene rings is 1. The second-order valence-electron chi connectivity index (χ2n) is 3.37. The molecule has 0 saturated heterocycles. The number of rotatable bonds is 3. The van der Waals surface area contributed by atoms with Gasteiger partial charge in [-0.3, -0.25) is 0 Å². The standard InChI is InChI=1S/C11H9FN4O/c1-17-10-2-3-11(12)8(4-10)6-16-7-9(5-13)14-15-16/h2-4,7H,6H2,1H3. The van der Waals surface area contributed by atoms with Crippen molar-refractivity contribution < 1.29 is 9.13 Å². The number of hydrogen-bond acceptors (Lipinski definition) is 4. The smallest absolute Gasteiger partial charge is 0.182 e. The van der Waals surface area contributed by atoms with Gasteiger partial charge in [-0.25, -0.2) is 9.07 Å². The van der Waals surface area contributed by atoms with Crippen LogP contribution in [0.4, 0.5) is 4.39 Å². The van der Waals surface area contributed by atoms with Crippen molar-refractivity contribution in [2.24, 2.45) is 0 Å². The number of hydrogen-bond donors (Lipinski definition) is 0. The van der Waals surface area contributed by atoms with Crippen molar-refractivity contribution in [1.82, 2.24) is 15.0 Å². The summed E-state index contributed by atoms with van der Waals surface area (Å²) in [6.07, 6.45) is 1.46. The molecule has 0 saturated carbocycles. The highest BCUT2D eigenvalue weighted by molar-refractivity contribution is 5.30. The molecule has 17 heavy (non-hydrogen) atoms. The van der Waals surface area contributed by atoms with Crippen LogP contribution in [0.25, 0.3) is 0 Å². The van der Waals surface area contributed by atoms with Crippen LogP contribution in [0.15, 0.2) is 24.4 Å². The van der Waals surface area contributed by atoms with Gasteiger partial charge < -0.3 is 4.74 Å². The maximum atomic E-state index is 13.5. The van der Waals surface area contributed by atoms with Crippen molar-refractivity contribution in [2.45, 2.75) is 6.54 Å². The summed E-state index contributed by atoms with van der Waals surface area (Å²) in [7, 11) is 1.51. The molecule has 0 unspecified atom stereocenters. The fourth-order valence-corrected chi connectivity index (χ4v) is 1.40. The fourth-order valence-electron chi connectivity index (χ4n) is 1.40. The lowest BCUT2D eigenvalue weighted by molar-refractivity contribution is 0.412. The second-order valence-corrected chi connectivity index (χ2v) is 3.37. The van der Waals surface area contributed by atoms with E-state index >= 15 is 0 Å². The van der Waals surface area contributed by atoms with Crippen molar-refractivity contribution >= 4 is 0 Å². The topological polar surface area (TPSA) is 63.7 Å². The quantitative estimate of drug-likeness (QED) is 0.801. The zero-order chi connectivity index (χ0) is 12.3. The molecule has 0 amide bonds. The summed E-state index contributed by atoms with van der Waals surface area (Å²) in [5, 5.41) is 15.9. The predicted octanol–water partition coefficient (Wildman–Crippen LogP) is 1.35. The molecular formula is C11H9FN4O. The first-order valence-corrected chi connectivity index (χ1v) is 4.85. The largest absolute Gasteiger partial charge is 0.497 e. The maximum absolute atomic E-state index is 13.5. The summed E-state index contributed by atoms with van der Waals surface area (Å²) in [4.78, 5) is 0. The molecule has 86 valence electrons. The Balaban J connectivity index is 2.26. The highest BCUT2D eigenvalue weighted by Crippen LogP contribution is 2.17. The van der Waals surface area contributed by atoms with Gasteiger partial charge in [-0.1, -0.05) is 5.21 Å². The van der Waals surface area contributed by atoms with E-state index in [1.165, 1.54) is 24.1 Å². The van der Waals surface area contributed by atoms with Crippen molar-refractivity contribution in [3.05, 3.63) is 41.5 Å². The Kier molecular flexibility index (Phi) is 3.01. The van der Waals surface area contributed by atoms with E-state index in [2.05, 4.69) is 10.3 Å². The summed E-state index contributed by atoms with van der Waals surface area (Å²) in [5.74, 6) is 0.224. The van der Waals surface area contributed by atoms with Crippen LogP contribution in [0.1, 0.15) is 11.3 Å². The van der Waals surface area contributed by atoms with Crippen molar-refractivity contribution in [2.75, 3.05) is 7.11 Å². The molecule has 2 rings (SSSR count). The number of aromatic nitrogens is 3. The number of ether oxygens (including phenoxy) is 1. The van der Waals surface area contributed by atoms with Crippen molar-refractivity contribution in [3.8, 4) is 11.8 Å². The van der Waals surface area contributed by atoms with E-state index in [0.717, 1.165) is 0 Å². The Bertz CT molecular complexity index is 573. The molecule has 0 fully saturated rings. The first kappa shape index (κ1) is 11.1. The molecule has 1 aromatic carbocycles. The van der Waals surface area contributed by atoms with Gasteiger partial charge in [-0.05, 0) is 18.2 Å². The van der Waals surface area contributed by atoms with Crippen LogP contribution in [-0.4, -0.2) is 22.1 Å². The van der Waals surface area contributed by atoms with Crippen LogP contribution in [0, 0.1) is 17.1 Å². The first-order valence-electron chi connectivity index (χ1n) is 4.85. The molecule has 0 bridgehead atoms. The molecule has 1 aromatic heterocycles. The minimum Gasteiger partial charge on any atom is -0.497 e. The van der Waals surface area contributed by atoms with Crippen LogP contribution in [0.2, 0.25) is 0 Å². The van der Waals surface area contributed by atoms with E-state index < -0.39 is 0 Å². The van der Waals surface area contributed by atoms with Crippen LogP contribution in [-0.2, 0) is 6.54 Å². The third kappa shape index (κ3) is 2.39. The average Bonchev–Trinajstić information content (AvgIpc) is 2.80. The summed E-state index contributed by atoms with van der Waals surface area (Å²) >= 11 is 0. The fraction of sp³-hybridized carbons (Fsp3) is 0.182. The highest BCUT2D eigenvalue weighted by atomic mass is 19.1. The van der Waals surface area contributed by atoms with E-state index in [1.807, 2.05) is 6.07 Å². The SMILES string of the molecule is COc1ccc(F)c(Cn2cc(C#N)nn2)c1. The molecule has 6 heteroatoms. The molecule has 0 aliphatic rings. The van der Waals surface area contributed by atoms with E-state index in [9.17, 15) is 4.39 Å². The van der Waals surface area contributed by atoms with Gasteiger partial charge in [0, 0.05) is 5.56 Å². The minimum atomic E-state index is -0.347. The first-order chi connectivity index (χ1) is 8.22. The molecule has 0 atom stereocenters. The normalized spacial score (nSPS) is 9.94. The lowest BCUT2D eigenvalue weighted by Gasteiger charge is -2.05. The molecule has 5 nitrogen and oxygen atoms in total. The van der Waals surface area contributed by atoms with E-state index in [-0.39, 0.29) is 18.1 Å². The molecule has 0 aliphatic carbocycles. The van der Waals surface area contributed by atoms with Gasteiger partial charge in [0.05, 0.1) is 19.9 Å². The van der Waals surface area contributed by atoms with Gasteiger partial charge >= 0.3 is 0 Å². The Morgan fingerprint density at radius 1 is 1.53 bits per heavy atom. The van der Waals surface area contributed by atoms with Crippen molar-refractivity contribution in [3.63, 3.8) is 0 Å². The summed E-state index contributed by atoms with van der Waals surface area (Å²) in [5.41, 5.74) is 0.632. The zero-order valence-electron chi connectivity index (χ0n) is 9.09. The molecule has 2 aromatic rings. The van der Waals surface area contributed by atoms with Gasteiger partial charge in [-0.15, -0.1) is 5.10 Å². The summed E-state index contributed by atoms with van der Waals surface area (Å²) < 4.78 is 19.9. The van der Waals surface area contributed by atoms with Crippen LogP contribution >= 0.6 is 0 Å². The molecule has 0 N–H and O–H groups in total. The molecule has 0 spiro atoms. The van der Waals surface area contributed by atoms with Crippen molar-refractivity contribution in [1.29, 1.82) is 5.26 Å². The van der Waals surface area contributed by atoms with E-state index in [1.54, 1.807) is 12.1 Å². The molecule has 1 heterocycles. The minimum absolute atomic E-state index is 0.202. The summed E-state index contributed by atoms with van der Waals surface area (Å²) in [6, 6.07) is 6.32. The van der Waals surface area contributed by atoms with Gasteiger partial charge in [0.15, 0.2) is 5.69 Å². The highest BCUT2D eigenvalue weighted by Gasteiger charge is 2.06. The van der Waals surface area contributed by atoms with Gasteiger partial charge in [0.2, 0.25) is 0 Å². The predicted molar refractivity (Wildman–Crippen MR) is 56.8 cm³/mol. The lowest BCUT2D eigenvalue weighted by atomic mass is 10.2. The van der Waals surface area contributed by atoms with Crippen LogP contribution in [0.3, 0.4) is 0 Å². The lowest BCUT2D eigenvalue weighted by Crippen LogP contribution is -2.03. The Labute approximate surface area is 97.1 Å². The number of methoxy groups -OCH3 is 1. The van der Waals surface area contributed by atoms with Crippen LogP contribution < -0.4 is 4.74 Å². The Hall–Kier alpha value is -2.42. The van der Waals surface area contributed by atoms with Gasteiger partial charge in [0.25, 0.3) is 0 Å². The average molecular weight is 232 g/mol. The Morgan fingerprint density at radius 2 is 2.35 bits per heavy atom. The number of nitriles is 1. The van der Waals surface area contributed by atoms with Gasteiger partial charge in [-0.2, -0.15) is 5.26 Å². The second kappa shape index (κ2) is 4.61. The molecular weight excluding hydrogens is 223 g/mol. The van der Waals surface area contributed by atoms with Crippen LogP contribution in [0.5, 0.6) is 5.75 Å². The van der Waals surface area contributed by atoms with E-state index in [0.29, 0.717) is 11.3 Å². The maximum Gasteiger partial charge on any atom is 0.182 e. The third-order valence-electron chi connectivity index (χ3n) is 2.24. The molecule has 0 aliphatic heterocycles. The Morgan fingerprint density at radius 3 is 3.00 bits per heavy atom. The summed E-state index contributed by atoms with van der Waals surface area (Å²) in [6.45, 7) is 0.206. The number of halogens is 1. The van der Waals surface area contributed by atoms with Gasteiger partial charge in [0.1, 0.15) is 17.6 Å². The molecule has 0 radical (unpaired) electrons. The third-order valence-corrected chi connectivity index (χ3v) is 2.24. The monoisotopic (exact) mass is 232 g/mol. The zero-order valence-corrected chi connectivity index (χ0v) is 9.09. The number of nitrogens with zero attached hydrogens (tertiary/aromatic N) is 4.